The Morgan fingerprint density at radius 1 is 1.25 bits per heavy atom. The van der Waals surface area contributed by atoms with E-state index < -0.39 is 0 Å². The third-order valence-corrected chi connectivity index (χ3v) is 4.79. The van der Waals surface area contributed by atoms with Gasteiger partial charge in [-0.15, -0.1) is 0 Å². The van der Waals surface area contributed by atoms with Crippen molar-refractivity contribution in [3.05, 3.63) is 47.5 Å². The zero-order chi connectivity index (χ0) is 11.2. The van der Waals surface area contributed by atoms with Crippen LogP contribution in [0.25, 0.3) is 0 Å². The van der Waals surface area contributed by atoms with Crippen molar-refractivity contribution in [2.75, 3.05) is 0 Å². The highest BCUT2D eigenvalue weighted by atomic mass is 14.5. The molecule has 0 radical (unpaired) electrons. The summed E-state index contributed by atoms with van der Waals surface area (Å²) in [4.78, 5) is 0. The van der Waals surface area contributed by atoms with E-state index in [1.54, 1.807) is 11.1 Å². The molecular weight excluding hydrogens is 192 g/mol. The fourth-order valence-electron chi connectivity index (χ4n) is 3.92. The van der Waals surface area contributed by atoms with Gasteiger partial charge in [-0.2, -0.15) is 0 Å². The number of fused-ring (bicyclic) bond motifs is 3. The first-order chi connectivity index (χ1) is 7.72. The van der Waals surface area contributed by atoms with Crippen molar-refractivity contribution in [2.45, 2.75) is 44.4 Å². The first kappa shape index (κ1) is 10.1. The summed E-state index contributed by atoms with van der Waals surface area (Å²) in [7, 11) is 0. The second-order valence-corrected chi connectivity index (χ2v) is 5.68. The Hall–Kier alpha value is -1.04. The van der Waals surface area contributed by atoms with E-state index in [1.807, 2.05) is 0 Å². The minimum atomic E-state index is 0.379. The Labute approximate surface area is 98.4 Å². The number of aryl methyl sites for hydroxylation is 1. The van der Waals surface area contributed by atoms with Crippen LogP contribution in [0, 0.1) is 5.92 Å². The predicted molar refractivity (Wildman–Crippen MR) is 68.6 cm³/mol. The fourth-order valence-corrected chi connectivity index (χ4v) is 3.92. The zero-order valence-corrected chi connectivity index (χ0v) is 10.1. The molecule has 2 aliphatic rings. The number of allylic oxidation sites excluding steroid dienone is 1. The van der Waals surface area contributed by atoms with Gasteiger partial charge in [0.15, 0.2) is 0 Å². The van der Waals surface area contributed by atoms with Gasteiger partial charge >= 0.3 is 0 Å². The van der Waals surface area contributed by atoms with Crippen LogP contribution in [0.1, 0.15) is 43.7 Å². The van der Waals surface area contributed by atoms with Crippen LogP contribution < -0.4 is 0 Å². The van der Waals surface area contributed by atoms with Crippen molar-refractivity contribution in [3.63, 3.8) is 0 Å². The summed E-state index contributed by atoms with van der Waals surface area (Å²) < 4.78 is 0. The molecule has 0 heteroatoms. The number of hydrogen-bond donors (Lipinski definition) is 0. The second-order valence-electron chi connectivity index (χ2n) is 5.68. The summed E-state index contributed by atoms with van der Waals surface area (Å²) in [6, 6.07) is 9.04. The second kappa shape index (κ2) is 3.48. The monoisotopic (exact) mass is 212 g/mol. The lowest BCUT2D eigenvalue weighted by Crippen LogP contribution is -2.40. The van der Waals surface area contributed by atoms with Gasteiger partial charge in [-0.25, -0.2) is 0 Å². The lowest BCUT2D eigenvalue weighted by molar-refractivity contribution is 0.235. The van der Waals surface area contributed by atoms with Crippen molar-refractivity contribution in [1.82, 2.24) is 0 Å². The quantitative estimate of drug-likeness (QED) is 0.564. The molecule has 1 fully saturated rings. The molecular formula is C16H20. The SMILES string of the molecule is C=C1CCCC2(C)c3ccccc3CCC12. The van der Waals surface area contributed by atoms with E-state index >= 15 is 0 Å². The van der Waals surface area contributed by atoms with Crippen molar-refractivity contribution in [2.24, 2.45) is 5.92 Å². The maximum Gasteiger partial charge on any atom is -0.000705 e. The maximum atomic E-state index is 4.32. The first-order valence-electron chi connectivity index (χ1n) is 6.48. The van der Waals surface area contributed by atoms with Gasteiger partial charge in [-0.1, -0.05) is 43.3 Å². The summed E-state index contributed by atoms with van der Waals surface area (Å²) in [5.41, 5.74) is 5.07. The maximum absolute atomic E-state index is 4.32. The summed E-state index contributed by atoms with van der Waals surface area (Å²) in [5, 5.41) is 0. The first-order valence-corrected chi connectivity index (χ1v) is 6.48. The average molecular weight is 212 g/mol. The standard InChI is InChI=1S/C16H20/c1-12-6-5-11-16(2)14(12)10-9-13-7-3-4-8-15(13)16/h3-4,7-8,14H,1,5-6,9-11H2,2H3. The van der Waals surface area contributed by atoms with E-state index in [4.69, 9.17) is 0 Å². The molecule has 2 atom stereocenters. The Balaban J connectivity index is 2.12. The molecule has 2 aliphatic carbocycles. The Morgan fingerprint density at radius 2 is 2.06 bits per heavy atom. The molecule has 1 aromatic carbocycles. The largest absolute Gasteiger partial charge is 0.0995 e. The highest BCUT2D eigenvalue weighted by Crippen LogP contribution is 2.51. The van der Waals surface area contributed by atoms with Crippen LogP contribution in [0.3, 0.4) is 0 Å². The molecule has 0 heterocycles. The Morgan fingerprint density at radius 3 is 2.94 bits per heavy atom. The zero-order valence-electron chi connectivity index (χ0n) is 10.1. The lowest BCUT2D eigenvalue weighted by Gasteiger charge is -2.47. The summed E-state index contributed by atoms with van der Waals surface area (Å²) in [5.74, 6) is 0.733. The molecule has 0 spiro atoms. The average Bonchev–Trinajstić information content (AvgIpc) is 2.29. The van der Waals surface area contributed by atoms with Gasteiger partial charge in [0.2, 0.25) is 0 Å². The van der Waals surface area contributed by atoms with E-state index in [2.05, 4.69) is 37.8 Å². The van der Waals surface area contributed by atoms with Crippen molar-refractivity contribution in [1.29, 1.82) is 0 Å². The summed E-state index contributed by atoms with van der Waals surface area (Å²) in [6.45, 7) is 6.77. The summed E-state index contributed by atoms with van der Waals surface area (Å²) >= 11 is 0. The molecule has 1 saturated carbocycles. The van der Waals surface area contributed by atoms with Crippen molar-refractivity contribution < 1.29 is 0 Å². The fraction of sp³-hybridized carbons (Fsp3) is 0.500. The Kier molecular flexibility index (Phi) is 2.20. The molecule has 0 nitrogen and oxygen atoms in total. The molecule has 16 heavy (non-hydrogen) atoms. The summed E-state index contributed by atoms with van der Waals surface area (Å²) in [6.07, 6.45) is 6.47. The molecule has 84 valence electrons. The molecule has 1 aromatic rings. The molecule has 0 saturated heterocycles. The Bertz CT molecular complexity index is 429. The minimum Gasteiger partial charge on any atom is -0.0995 e. The number of hydrogen-bond acceptors (Lipinski definition) is 0. The minimum absolute atomic E-state index is 0.379. The van der Waals surface area contributed by atoms with Gasteiger partial charge in [0.25, 0.3) is 0 Å². The highest BCUT2D eigenvalue weighted by Gasteiger charge is 2.42. The number of rotatable bonds is 0. The van der Waals surface area contributed by atoms with Gasteiger partial charge in [0.05, 0.1) is 0 Å². The van der Waals surface area contributed by atoms with Crippen LogP contribution in [0.15, 0.2) is 36.4 Å². The highest BCUT2D eigenvalue weighted by molar-refractivity contribution is 5.40. The normalized spacial score (nSPS) is 33.1. The third-order valence-electron chi connectivity index (χ3n) is 4.79. The van der Waals surface area contributed by atoms with Crippen LogP contribution in [0.4, 0.5) is 0 Å². The van der Waals surface area contributed by atoms with Crippen LogP contribution in [0.5, 0.6) is 0 Å². The molecule has 0 amide bonds. The van der Waals surface area contributed by atoms with E-state index in [-0.39, 0.29) is 0 Å². The van der Waals surface area contributed by atoms with Crippen LogP contribution in [0.2, 0.25) is 0 Å². The van der Waals surface area contributed by atoms with E-state index in [0.29, 0.717) is 5.41 Å². The van der Waals surface area contributed by atoms with E-state index in [1.165, 1.54) is 37.7 Å². The van der Waals surface area contributed by atoms with Gasteiger partial charge in [-0.05, 0) is 54.6 Å². The van der Waals surface area contributed by atoms with Crippen LogP contribution in [-0.4, -0.2) is 0 Å². The molecule has 0 aromatic heterocycles. The van der Waals surface area contributed by atoms with Crippen molar-refractivity contribution in [3.8, 4) is 0 Å². The van der Waals surface area contributed by atoms with E-state index in [0.717, 1.165) is 5.92 Å². The molecule has 0 N–H and O–H groups in total. The third kappa shape index (κ3) is 1.29. The molecule has 0 bridgehead atoms. The van der Waals surface area contributed by atoms with Crippen LogP contribution in [-0.2, 0) is 11.8 Å². The topological polar surface area (TPSA) is 0 Å². The molecule has 2 unspecified atom stereocenters. The van der Waals surface area contributed by atoms with Gasteiger partial charge in [-0.3, -0.25) is 0 Å². The van der Waals surface area contributed by atoms with Crippen molar-refractivity contribution >= 4 is 0 Å². The lowest BCUT2D eigenvalue weighted by atomic mass is 9.57. The smallest absolute Gasteiger partial charge is 0.000705 e. The van der Waals surface area contributed by atoms with Gasteiger partial charge in [0.1, 0.15) is 0 Å². The van der Waals surface area contributed by atoms with Crippen LogP contribution >= 0.6 is 0 Å². The molecule has 0 aliphatic heterocycles. The molecule has 3 rings (SSSR count). The van der Waals surface area contributed by atoms with Gasteiger partial charge in [0, 0.05) is 0 Å². The predicted octanol–water partition coefficient (Wildman–Crippen LogP) is 4.25. The van der Waals surface area contributed by atoms with E-state index in [9.17, 15) is 0 Å². The number of benzene rings is 1. The van der Waals surface area contributed by atoms with Gasteiger partial charge < -0.3 is 0 Å².